The first-order valence-corrected chi connectivity index (χ1v) is 6.58. The number of nitrogen functional groups attached to an aromatic ring is 1. The molecule has 2 aromatic heterocycles. The predicted molar refractivity (Wildman–Crippen MR) is 76.2 cm³/mol. The van der Waals surface area contributed by atoms with Crippen molar-refractivity contribution in [3.63, 3.8) is 0 Å². The minimum absolute atomic E-state index is 0.476. The van der Waals surface area contributed by atoms with Gasteiger partial charge in [0.1, 0.15) is 5.82 Å². The third-order valence-electron chi connectivity index (χ3n) is 2.62. The standard InChI is InChI=1S/C13H15BrN4/c1-4-10-11(14)12(15)18-13(17-10)9-5-7(2)16-8(3)6-9/h5-6H,4H2,1-3H3,(H2,15,17,18). The van der Waals surface area contributed by atoms with Gasteiger partial charge in [0.25, 0.3) is 0 Å². The van der Waals surface area contributed by atoms with Gasteiger partial charge < -0.3 is 5.73 Å². The maximum Gasteiger partial charge on any atom is 0.161 e. The normalized spacial score (nSPS) is 10.7. The zero-order valence-electron chi connectivity index (χ0n) is 10.7. The van der Waals surface area contributed by atoms with Crippen LogP contribution in [-0.2, 0) is 6.42 Å². The topological polar surface area (TPSA) is 64.7 Å². The summed E-state index contributed by atoms with van der Waals surface area (Å²) in [6.07, 6.45) is 0.809. The molecule has 0 aromatic carbocycles. The third kappa shape index (κ3) is 2.51. The Balaban J connectivity index is 2.60. The van der Waals surface area contributed by atoms with Crippen LogP contribution >= 0.6 is 15.9 Å². The fourth-order valence-electron chi connectivity index (χ4n) is 1.84. The molecule has 0 amide bonds. The Morgan fingerprint density at radius 2 is 1.72 bits per heavy atom. The Kier molecular flexibility index (Phi) is 3.61. The average Bonchev–Trinajstić information content (AvgIpc) is 2.31. The van der Waals surface area contributed by atoms with Crippen LogP contribution in [0.15, 0.2) is 16.6 Å². The third-order valence-corrected chi connectivity index (χ3v) is 3.48. The van der Waals surface area contributed by atoms with E-state index in [4.69, 9.17) is 5.73 Å². The van der Waals surface area contributed by atoms with Crippen LogP contribution in [0.3, 0.4) is 0 Å². The van der Waals surface area contributed by atoms with Gasteiger partial charge in [-0.3, -0.25) is 4.98 Å². The molecule has 2 heterocycles. The summed E-state index contributed by atoms with van der Waals surface area (Å²) < 4.78 is 0.788. The summed E-state index contributed by atoms with van der Waals surface area (Å²) in [5.41, 5.74) is 9.67. The van der Waals surface area contributed by atoms with Crippen LogP contribution in [0.4, 0.5) is 5.82 Å². The number of halogens is 1. The molecule has 94 valence electrons. The smallest absolute Gasteiger partial charge is 0.161 e. The minimum Gasteiger partial charge on any atom is -0.383 e. The van der Waals surface area contributed by atoms with E-state index in [1.54, 1.807) is 0 Å². The molecule has 0 aliphatic rings. The number of hydrogen-bond donors (Lipinski definition) is 1. The van der Waals surface area contributed by atoms with Crippen molar-refractivity contribution in [2.24, 2.45) is 0 Å². The van der Waals surface area contributed by atoms with Gasteiger partial charge in [-0.1, -0.05) is 6.92 Å². The maximum absolute atomic E-state index is 5.90. The monoisotopic (exact) mass is 306 g/mol. The van der Waals surface area contributed by atoms with Crippen LogP contribution in [0, 0.1) is 13.8 Å². The van der Waals surface area contributed by atoms with E-state index in [0.717, 1.165) is 33.5 Å². The Morgan fingerprint density at radius 1 is 1.11 bits per heavy atom. The van der Waals surface area contributed by atoms with E-state index in [1.807, 2.05) is 32.9 Å². The molecule has 0 bridgehead atoms. The lowest BCUT2D eigenvalue weighted by Gasteiger charge is -2.08. The first kappa shape index (κ1) is 13.0. The lowest BCUT2D eigenvalue weighted by Crippen LogP contribution is -2.02. The van der Waals surface area contributed by atoms with Crippen LogP contribution in [0.2, 0.25) is 0 Å². The molecule has 18 heavy (non-hydrogen) atoms. The largest absolute Gasteiger partial charge is 0.383 e. The summed E-state index contributed by atoms with van der Waals surface area (Å²) in [5, 5.41) is 0. The maximum atomic E-state index is 5.90. The summed E-state index contributed by atoms with van der Waals surface area (Å²) in [6.45, 7) is 5.96. The van der Waals surface area contributed by atoms with Gasteiger partial charge in [0, 0.05) is 17.0 Å². The van der Waals surface area contributed by atoms with E-state index in [-0.39, 0.29) is 0 Å². The van der Waals surface area contributed by atoms with Crippen molar-refractivity contribution in [3.05, 3.63) is 33.7 Å². The van der Waals surface area contributed by atoms with Crippen molar-refractivity contribution in [3.8, 4) is 11.4 Å². The highest BCUT2D eigenvalue weighted by molar-refractivity contribution is 9.10. The molecule has 0 spiro atoms. The van der Waals surface area contributed by atoms with Crippen molar-refractivity contribution < 1.29 is 0 Å². The highest BCUT2D eigenvalue weighted by Gasteiger charge is 2.11. The van der Waals surface area contributed by atoms with Crippen LogP contribution in [-0.4, -0.2) is 15.0 Å². The first-order valence-electron chi connectivity index (χ1n) is 5.78. The van der Waals surface area contributed by atoms with Crippen molar-refractivity contribution in [2.75, 3.05) is 5.73 Å². The SMILES string of the molecule is CCc1nc(-c2cc(C)nc(C)c2)nc(N)c1Br. The van der Waals surface area contributed by atoms with Gasteiger partial charge in [-0.15, -0.1) is 0 Å². The molecule has 5 heteroatoms. The Hall–Kier alpha value is -1.49. The Labute approximate surface area is 115 Å². The predicted octanol–water partition coefficient (Wildman–Crippen LogP) is 3.06. The molecule has 2 rings (SSSR count). The van der Waals surface area contributed by atoms with Crippen molar-refractivity contribution in [1.29, 1.82) is 0 Å². The first-order chi connectivity index (χ1) is 8.51. The number of nitrogens with two attached hydrogens (primary N) is 1. The number of hydrogen-bond acceptors (Lipinski definition) is 4. The molecule has 0 unspecified atom stereocenters. The summed E-state index contributed by atoms with van der Waals surface area (Å²) in [7, 11) is 0. The second-order valence-electron chi connectivity index (χ2n) is 4.19. The summed E-state index contributed by atoms with van der Waals surface area (Å²) in [4.78, 5) is 13.2. The highest BCUT2D eigenvalue weighted by Crippen LogP contribution is 2.25. The molecule has 0 radical (unpaired) electrons. The molecule has 0 fully saturated rings. The van der Waals surface area contributed by atoms with Gasteiger partial charge in [-0.2, -0.15) is 0 Å². The lowest BCUT2D eigenvalue weighted by molar-refractivity contribution is 0.992. The van der Waals surface area contributed by atoms with Gasteiger partial charge >= 0.3 is 0 Å². The average molecular weight is 307 g/mol. The van der Waals surface area contributed by atoms with Crippen molar-refractivity contribution in [1.82, 2.24) is 15.0 Å². The summed E-state index contributed by atoms with van der Waals surface area (Å²) in [6, 6.07) is 3.93. The number of aromatic nitrogens is 3. The molecular formula is C13H15BrN4. The van der Waals surface area contributed by atoms with E-state index in [2.05, 4.69) is 30.9 Å². The Morgan fingerprint density at radius 3 is 2.28 bits per heavy atom. The molecule has 4 nitrogen and oxygen atoms in total. The van der Waals surface area contributed by atoms with Crippen LogP contribution in [0.5, 0.6) is 0 Å². The molecular weight excluding hydrogens is 292 g/mol. The number of pyridine rings is 1. The van der Waals surface area contributed by atoms with Gasteiger partial charge in [0.15, 0.2) is 5.82 Å². The molecule has 2 N–H and O–H groups in total. The molecule has 0 aliphatic heterocycles. The number of anilines is 1. The zero-order chi connectivity index (χ0) is 13.3. The van der Waals surface area contributed by atoms with Crippen LogP contribution in [0.25, 0.3) is 11.4 Å². The lowest BCUT2D eigenvalue weighted by atomic mass is 10.2. The number of rotatable bonds is 2. The van der Waals surface area contributed by atoms with Crippen molar-refractivity contribution in [2.45, 2.75) is 27.2 Å². The van der Waals surface area contributed by atoms with Gasteiger partial charge in [-0.05, 0) is 48.3 Å². The molecule has 0 aliphatic carbocycles. The summed E-state index contributed by atoms with van der Waals surface area (Å²) in [5.74, 6) is 1.13. The fourth-order valence-corrected chi connectivity index (χ4v) is 2.30. The quantitative estimate of drug-likeness (QED) is 0.926. The molecule has 0 saturated heterocycles. The fraction of sp³-hybridized carbons (Fsp3) is 0.308. The van der Waals surface area contributed by atoms with Crippen molar-refractivity contribution >= 4 is 21.7 Å². The molecule has 2 aromatic rings. The van der Waals surface area contributed by atoms with Gasteiger partial charge in [0.05, 0.1) is 10.2 Å². The van der Waals surface area contributed by atoms with E-state index in [9.17, 15) is 0 Å². The van der Waals surface area contributed by atoms with E-state index in [1.165, 1.54) is 0 Å². The Bertz CT molecular complexity index is 576. The molecule has 0 atom stereocenters. The number of aryl methyl sites for hydroxylation is 3. The second kappa shape index (κ2) is 5.02. The number of nitrogens with zero attached hydrogens (tertiary/aromatic N) is 3. The van der Waals surface area contributed by atoms with E-state index in [0.29, 0.717) is 11.6 Å². The zero-order valence-corrected chi connectivity index (χ0v) is 12.2. The van der Waals surface area contributed by atoms with E-state index >= 15 is 0 Å². The van der Waals surface area contributed by atoms with Crippen LogP contribution < -0.4 is 5.73 Å². The van der Waals surface area contributed by atoms with Crippen LogP contribution in [0.1, 0.15) is 24.0 Å². The molecule has 0 saturated carbocycles. The van der Waals surface area contributed by atoms with E-state index < -0.39 is 0 Å². The summed E-state index contributed by atoms with van der Waals surface area (Å²) >= 11 is 3.41. The second-order valence-corrected chi connectivity index (χ2v) is 4.98. The van der Waals surface area contributed by atoms with Gasteiger partial charge in [-0.25, -0.2) is 9.97 Å². The van der Waals surface area contributed by atoms with Gasteiger partial charge in [0.2, 0.25) is 0 Å². The minimum atomic E-state index is 0.476. The highest BCUT2D eigenvalue weighted by atomic mass is 79.9.